The van der Waals surface area contributed by atoms with Crippen molar-refractivity contribution in [3.05, 3.63) is 48.0 Å². The Hall–Kier alpha value is -2.78. The number of amides is 1. The van der Waals surface area contributed by atoms with Crippen LogP contribution in [-0.2, 0) is 21.2 Å². The normalized spacial score (nSPS) is 14.3. The van der Waals surface area contributed by atoms with E-state index in [1.807, 2.05) is 18.2 Å². The molecule has 1 aliphatic heterocycles. The van der Waals surface area contributed by atoms with Crippen molar-refractivity contribution in [1.82, 2.24) is 9.62 Å². The first-order valence-corrected chi connectivity index (χ1v) is 11.6. The number of ether oxygens (including phenoxy) is 3. The summed E-state index contributed by atoms with van der Waals surface area (Å²) in [6, 6.07) is 11.8. The maximum Gasteiger partial charge on any atom is 0.257 e. The van der Waals surface area contributed by atoms with Crippen molar-refractivity contribution < 1.29 is 27.4 Å². The molecule has 9 heteroatoms. The van der Waals surface area contributed by atoms with Crippen LogP contribution in [0.2, 0.25) is 0 Å². The fourth-order valence-electron chi connectivity index (χ4n) is 3.37. The molecule has 2 aromatic carbocycles. The summed E-state index contributed by atoms with van der Waals surface area (Å²) in [7, 11) is -0.293. The Kier molecular flexibility index (Phi) is 7.75. The van der Waals surface area contributed by atoms with Gasteiger partial charge in [-0.2, -0.15) is 4.31 Å². The molecule has 8 nitrogen and oxygen atoms in total. The van der Waals surface area contributed by atoms with Crippen LogP contribution in [0.1, 0.15) is 18.4 Å². The van der Waals surface area contributed by atoms with Gasteiger partial charge in [-0.3, -0.25) is 4.79 Å². The number of hydrogen-bond donors (Lipinski definition) is 1. The Morgan fingerprint density at radius 1 is 1.00 bits per heavy atom. The first-order valence-electron chi connectivity index (χ1n) is 10.1. The number of carbonyl (C=O) groups is 1. The molecule has 1 aliphatic rings. The molecular weight excluding hydrogens is 420 g/mol. The zero-order valence-corrected chi connectivity index (χ0v) is 18.6. The van der Waals surface area contributed by atoms with Crippen LogP contribution < -0.4 is 19.5 Å². The summed E-state index contributed by atoms with van der Waals surface area (Å²) in [5.41, 5.74) is 1.01. The van der Waals surface area contributed by atoms with Gasteiger partial charge in [0.25, 0.3) is 5.91 Å². The molecule has 1 heterocycles. The number of hydrogen-bond acceptors (Lipinski definition) is 6. The smallest absolute Gasteiger partial charge is 0.257 e. The number of benzene rings is 2. The molecule has 0 atom stereocenters. The van der Waals surface area contributed by atoms with E-state index in [1.54, 1.807) is 26.4 Å². The second-order valence-electron chi connectivity index (χ2n) is 7.16. The molecule has 2 aromatic rings. The molecule has 1 fully saturated rings. The highest BCUT2D eigenvalue weighted by Crippen LogP contribution is 2.27. The molecule has 1 N–H and O–H groups in total. The monoisotopic (exact) mass is 448 g/mol. The second-order valence-corrected chi connectivity index (χ2v) is 9.10. The molecule has 0 radical (unpaired) electrons. The Morgan fingerprint density at radius 2 is 1.68 bits per heavy atom. The Balaban J connectivity index is 1.44. The van der Waals surface area contributed by atoms with E-state index in [9.17, 15) is 13.2 Å². The molecule has 0 unspecified atom stereocenters. The van der Waals surface area contributed by atoms with Crippen molar-refractivity contribution in [3.63, 3.8) is 0 Å². The van der Waals surface area contributed by atoms with Crippen molar-refractivity contribution in [2.24, 2.45) is 0 Å². The van der Waals surface area contributed by atoms with Gasteiger partial charge in [0.05, 0.1) is 19.1 Å². The summed E-state index contributed by atoms with van der Waals surface area (Å²) in [6.07, 6.45) is 2.41. The Labute approximate surface area is 183 Å². The maximum absolute atomic E-state index is 12.5. The van der Waals surface area contributed by atoms with E-state index >= 15 is 0 Å². The van der Waals surface area contributed by atoms with Crippen LogP contribution in [-0.4, -0.2) is 59.1 Å². The standard InChI is InChI=1S/C22H28N2O6S/c1-28-20-10-5-17(15-21(20)29-2)11-12-23-22(25)16-30-18-6-8-19(9-7-18)31(26,27)24-13-3-4-14-24/h5-10,15H,3-4,11-14,16H2,1-2H3,(H,23,25). The van der Waals surface area contributed by atoms with Crippen molar-refractivity contribution in [2.75, 3.05) is 40.5 Å². The molecule has 3 rings (SSSR count). The third kappa shape index (κ3) is 5.89. The maximum atomic E-state index is 12.5. The first kappa shape index (κ1) is 22.9. The molecule has 0 spiro atoms. The number of nitrogens with one attached hydrogen (secondary N) is 1. The topological polar surface area (TPSA) is 94.2 Å². The van der Waals surface area contributed by atoms with Crippen LogP contribution in [0.5, 0.6) is 17.2 Å². The minimum Gasteiger partial charge on any atom is -0.493 e. The highest BCUT2D eigenvalue weighted by Gasteiger charge is 2.26. The lowest BCUT2D eigenvalue weighted by atomic mass is 10.1. The van der Waals surface area contributed by atoms with Gasteiger partial charge in [0.2, 0.25) is 10.0 Å². The first-order chi connectivity index (χ1) is 14.9. The zero-order chi connectivity index (χ0) is 22.3. The molecule has 168 valence electrons. The fraction of sp³-hybridized carbons (Fsp3) is 0.409. The van der Waals surface area contributed by atoms with E-state index in [4.69, 9.17) is 14.2 Å². The van der Waals surface area contributed by atoms with Gasteiger partial charge in [-0.25, -0.2) is 8.42 Å². The molecule has 0 aliphatic carbocycles. The lowest BCUT2D eigenvalue weighted by Crippen LogP contribution is -2.30. The quantitative estimate of drug-likeness (QED) is 0.599. The van der Waals surface area contributed by atoms with E-state index in [2.05, 4.69) is 5.32 Å². The van der Waals surface area contributed by atoms with E-state index in [1.165, 1.54) is 16.4 Å². The van der Waals surface area contributed by atoms with Gasteiger partial charge in [0.15, 0.2) is 18.1 Å². The second kappa shape index (κ2) is 10.5. The van der Waals surface area contributed by atoms with Crippen LogP contribution >= 0.6 is 0 Å². The number of nitrogens with zero attached hydrogens (tertiary/aromatic N) is 1. The van der Waals surface area contributed by atoms with E-state index in [0.29, 0.717) is 43.3 Å². The van der Waals surface area contributed by atoms with E-state index in [-0.39, 0.29) is 17.4 Å². The lowest BCUT2D eigenvalue weighted by molar-refractivity contribution is -0.123. The highest BCUT2D eigenvalue weighted by molar-refractivity contribution is 7.89. The summed E-state index contributed by atoms with van der Waals surface area (Å²) < 4.78 is 42.5. The average molecular weight is 449 g/mol. The largest absolute Gasteiger partial charge is 0.493 e. The zero-order valence-electron chi connectivity index (χ0n) is 17.8. The molecule has 1 saturated heterocycles. The number of rotatable bonds is 10. The highest BCUT2D eigenvalue weighted by atomic mass is 32.2. The summed E-state index contributed by atoms with van der Waals surface area (Å²) >= 11 is 0. The van der Waals surface area contributed by atoms with Gasteiger partial charge in [-0.05, 0) is 61.2 Å². The third-order valence-corrected chi connectivity index (χ3v) is 6.99. The number of methoxy groups -OCH3 is 2. The summed E-state index contributed by atoms with van der Waals surface area (Å²) in [4.78, 5) is 12.3. The third-order valence-electron chi connectivity index (χ3n) is 5.08. The van der Waals surface area contributed by atoms with Crippen molar-refractivity contribution in [3.8, 4) is 17.2 Å². The minimum absolute atomic E-state index is 0.149. The van der Waals surface area contributed by atoms with Crippen LogP contribution in [0.25, 0.3) is 0 Å². The molecule has 0 saturated carbocycles. The molecule has 0 aromatic heterocycles. The average Bonchev–Trinajstić information content (AvgIpc) is 3.34. The van der Waals surface area contributed by atoms with Gasteiger partial charge in [0, 0.05) is 19.6 Å². The SMILES string of the molecule is COc1ccc(CCNC(=O)COc2ccc(S(=O)(=O)N3CCCC3)cc2)cc1OC. The molecule has 31 heavy (non-hydrogen) atoms. The molecular formula is C22H28N2O6S. The van der Waals surface area contributed by atoms with Gasteiger partial charge in [-0.1, -0.05) is 6.07 Å². The number of carbonyl (C=O) groups excluding carboxylic acids is 1. The van der Waals surface area contributed by atoms with Gasteiger partial charge >= 0.3 is 0 Å². The van der Waals surface area contributed by atoms with Crippen LogP contribution in [0.4, 0.5) is 0 Å². The molecule has 1 amide bonds. The van der Waals surface area contributed by atoms with Gasteiger partial charge in [-0.15, -0.1) is 0 Å². The fourth-order valence-corrected chi connectivity index (χ4v) is 4.88. The van der Waals surface area contributed by atoms with Crippen molar-refractivity contribution in [2.45, 2.75) is 24.2 Å². The predicted molar refractivity (Wildman–Crippen MR) is 116 cm³/mol. The van der Waals surface area contributed by atoms with Crippen molar-refractivity contribution in [1.29, 1.82) is 0 Å². The predicted octanol–water partition coefficient (Wildman–Crippen LogP) is 2.23. The van der Waals surface area contributed by atoms with Crippen LogP contribution in [0.3, 0.4) is 0 Å². The van der Waals surface area contributed by atoms with Gasteiger partial charge in [0.1, 0.15) is 5.75 Å². The summed E-state index contributed by atoms with van der Waals surface area (Å²) in [5, 5.41) is 2.80. The van der Waals surface area contributed by atoms with Crippen molar-refractivity contribution >= 4 is 15.9 Å². The van der Waals surface area contributed by atoms with E-state index in [0.717, 1.165) is 18.4 Å². The Morgan fingerprint density at radius 3 is 2.32 bits per heavy atom. The Bertz CT molecular complexity index is 986. The lowest BCUT2D eigenvalue weighted by Gasteiger charge is -2.15. The van der Waals surface area contributed by atoms with Crippen LogP contribution in [0.15, 0.2) is 47.4 Å². The summed E-state index contributed by atoms with van der Waals surface area (Å²) in [6.45, 7) is 1.42. The van der Waals surface area contributed by atoms with Crippen LogP contribution in [0, 0.1) is 0 Å². The number of sulfonamides is 1. The minimum atomic E-state index is -3.45. The molecule has 0 bridgehead atoms. The van der Waals surface area contributed by atoms with E-state index < -0.39 is 10.0 Å². The summed E-state index contributed by atoms with van der Waals surface area (Å²) in [5.74, 6) is 1.48. The van der Waals surface area contributed by atoms with Gasteiger partial charge < -0.3 is 19.5 Å².